The van der Waals surface area contributed by atoms with Crippen molar-refractivity contribution in [3.8, 4) is 0 Å². The molecule has 0 fully saturated rings. The van der Waals surface area contributed by atoms with Crippen LogP contribution in [0.15, 0.2) is 34.3 Å². The van der Waals surface area contributed by atoms with Crippen molar-refractivity contribution in [1.82, 2.24) is 0 Å². The van der Waals surface area contributed by atoms with E-state index in [2.05, 4.69) is 9.98 Å². The Morgan fingerprint density at radius 2 is 1.76 bits per heavy atom. The van der Waals surface area contributed by atoms with Crippen molar-refractivity contribution in [2.24, 2.45) is 9.98 Å². The monoisotopic (exact) mass is 236 g/mol. The molecule has 2 rings (SSSR count). The van der Waals surface area contributed by atoms with Gasteiger partial charge in [0.25, 0.3) is 5.92 Å². The van der Waals surface area contributed by atoms with Gasteiger partial charge < -0.3 is 0 Å². The van der Waals surface area contributed by atoms with Crippen LogP contribution in [-0.2, 0) is 0 Å². The molecule has 17 heavy (non-hydrogen) atoms. The van der Waals surface area contributed by atoms with Gasteiger partial charge in [-0.3, -0.25) is 4.99 Å². The molecule has 0 saturated heterocycles. The second-order valence-corrected chi connectivity index (χ2v) is 4.38. The maximum Gasteiger partial charge on any atom is 0.285 e. The first kappa shape index (κ1) is 11.9. The number of alkyl halides is 2. The summed E-state index contributed by atoms with van der Waals surface area (Å²) in [5, 5.41) is 0. The van der Waals surface area contributed by atoms with Crippen LogP contribution in [-0.4, -0.2) is 23.5 Å². The van der Waals surface area contributed by atoms with Crippen molar-refractivity contribution < 1.29 is 8.78 Å². The van der Waals surface area contributed by atoms with E-state index in [1.54, 1.807) is 6.92 Å². The molecule has 1 atom stereocenters. The van der Waals surface area contributed by atoms with E-state index in [0.717, 1.165) is 18.1 Å². The molecule has 1 aromatic carbocycles. The molecule has 1 unspecified atom stereocenters. The van der Waals surface area contributed by atoms with Gasteiger partial charge in [0.2, 0.25) is 0 Å². The highest BCUT2D eigenvalue weighted by Crippen LogP contribution is 2.24. The van der Waals surface area contributed by atoms with Gasteiger partial charge in [-0.25, -0.2) is 13.8 Å². The first-order valence-corrected chi connectivity index (χ1v) is 5.49. The largest absolute Gasteiger partial charge is 0.285 e. The van der Waals surface area contributed by atoms with Gasteiger partial charge in [-0.05, 0) is 13.8 Å². The van der Waals surface area contributed by atoms with Gasteiger partial charge >= 0.3 is 0 Å². The summed E-state index contributed by atoms with van der Waals surface area (Å²) >= 11 is 0. The summed E-state index contributed by atoms with van der Waals surface area (Å²) in [6.45, 7) is 4.46. The highest BCUT2D eigenvalue weighted by atomic mass is 19.3. The van der Waals surface area contributed by atoms with Crippen LogP contribution in [0.4, 0.5) is 8.78 Å². The van der Waals surface area contributed by atoms with E-state index in [-0.39, 0.29) is 5.71 Å². The smallest absolute Gasteiger partial charge is 0.257 e. The first-order valence-electron chi connectivity index (χ1n) is 5.49. The fraction of sp³-hybridized carbons (Fsp3) is 0.385. The number of hydrogen-bond donors (Lipinski definition) is 0. The van der Waals surface area contributed by atoms with E-state index in [9.17, 15) is 8.78 Å². The van der Waals surface area contributed by atoms with Gasteiger partial charge in [-0.15, -0.1) is 0 Å². The SMILES string of the molecule is Cc1ccc(C2=NC(C)C(C(C)(F)F)=N2)cc1. The number of nitrogens with zero attached hydrogens (tertiary/aromatic N) is 2. The minimum Gasteiger partial charge on any atom is -0.257 e. The van der Waals surface area contributed by atoms with Crippen LogP contribution in [0.25, 0.3) is 0 Å². The highest BCUT2D eigenvalue weighted by molar-refractivity contribution is 6.14. The van der Waals surface area contributed by atoms with Crippen LogP contribution in [0, 0.1) is 6.92 Å². The Balaban J connectivity index is 2.34. The lowest BCUT2D eigenvalue weighted by Crippen LogP contribution is -2.30. The minimum atomic E-state index is -2.91. The van der Waals surface area contributed by atoms with Crippen molar-refractivity contribution in [1.29, 1.82) is 0 Å². The molecule has 1 heterocycles. The summed E-state index contributed by atoms with van der Waals surface area (Å²) in [5.74, 6) is -2.51. The van der Waals surface area contributed by atoms with Crippen LogP contribution in [0.3, 0.4) is 0 Å². The third-order valence-corrected chi connectivity index (χ3v) is 2.70. The quantitative estimate of drug-likeness (QED) is 0.753. The topological polar surface area (TPSA) is 24.7 Å². The van der Waals surface area contributed by atoms with Gasteiger partial charge in [0, 0.05) is 12.5 Å². The van der Waals surface area contributed by atoms with E-state index in [1.807, 2.05) is 31.2 Å². The van der Waals surface area contributed by atoms with E-state index in [4.69, 9.17) is 0 Å². The van der Waals surface area contributed by atoms with Crippen LogP contribution in [0.1, 0.15) is 25.0 Å². The average molecular weight is 236 g/mol. The standard InChI is InChI=1S/C13H14F2N2/c1-8-4-6-10(7-5-8)12-16-9(2)11(17-12)13(3,14)15/h4-7,9H,1-3H3. The van der Waals surface area contributed by atoms with Gasteiger partial charge in [-0.1, -0.05) is 29.8 Å². The zero-order valence-electron chi connectivity index (χ0n) is 10.0. The van der Waals surface area contributed by atoms with Crippen LogP contribution >= 0.6 is 0 Å². The number of amidine groups is 1. The molecule has 4 heteroatoms. The molecule has 0 saturated carbocycles. The van der Waals surface area contributed by atoms with E-state index in [0.29, 0.717) is 5.84 Å². The molecule has 1 aliphatic heterocycles. The molecule has 0 amide bonds. The summed E-state index contributed by atoms with van der Waals surface area (Å²) in [6, 6.07) is 6.98. The second-order valence-electron chi connectivity index (χ2n) is 4.38. The first-order chi connectivity index (χ1) is 7.88. The fourth-order valence-corrected chi connectivity index (χ4v) is 1.79. The summed E-state index contributed by atoms with van der Waals surface area (Å²) in [5.41, 5.74) is 1.74. The van der Waals surface area contributed by atoms with Crippen molar-refractivity contribution in [2.45, 2.75) is 32.7 Å². The van der Waals surface area contributed by atoms with Gasteiger partial charge in [0.1, 0.15) is 5.71 Å². The molecule has 0 aliphatic carbocycles. The van der Waals surface area contributed by atoms with E-state index in [1.165, 1.54) is 0 Å². The predicted octanol–water partition coefficient (Wildman–Crippen LogP) is 3.24. The maximum absolute atomic E-state index is 13.2. The molecular weight excluding hydrogens is 222 g/mol. The van der Waals surface area contributed by atoms with E-state index >= 15 is 0 Å². The van der Waals surface area contributed by atoms with Crippen LogP contribution < -0.4 is 0 Å². The number of rotatable bonds is 2. The lowest BCUT2D eigenvalue weighted by Gasteiger charge is -2.12. The summed E-state index contributed by atoms with van der Waals surface area (Å²) < 4.78 is 26.5. The van der Waals surface area contributed by atoms with E-state index < -0.39 is 12.0 Å². The molecule has 0 aromatic heterocycles. The van der Waals surface area contributed by atoms with Crippen LogP contribution in [0.2, 0.25) is 0 Å². The third kappa shape index (κ3) is 2.40. The highest BCUT2D eigenvalue weighted by Gasteiger charge is 2.36. The van der Waals surface area contributed by atoms with Crippen molar-refractivity contribution in [3.05, 3.63) is 35.4 Å². The molecule has 0 N–H and O–H groups in total. The van der Waals surface area contributed by atoms with Crippen LogP contribution in [0.5, 0.6) is 0 Å². The number of halogens is 2. The number of hydrogen-bond acceptors (Lipinski definition) is 2. The summed E-state index contributed by atoms with van der Waals surface area (Å²) in [7, 11) is 0. The molecule has 1 aliphatic rings. The lowest BCUT2D eigenvalue weighted by atomic mass is 10.1. The molecule has 0 bridgehead atoms. The molecular formula is C13H14F2N2. The second kappa shape index (κ2) is 4.02. The number of benzene rings is 1. The maximum atomic E-state index is 13.2. The Labute approximate surface area is 99.1 Å². The zero-order chi connectivity index (χ0) is 12.6. The van der Waals surface area contributed by atoms with Crippen molar-refractivity contribution in [3.63, 3.8) is 0 Å². The van der Waals surface area contributed by atoms with Gasteiger partial charge in [0.15, 0.2) is 5.84 Å². The van der Waals surface area contributed by atoms with Gasteiger partial charge in [0.05, 0.1) is 6.04 Å². The molecule has 90 valence electrons. The normalized spacial score (nSPS) is 20.2. The zero-order valence-corrected chi connectivity index (χ0v) is 10.0. The fourth-order valence-electron chi connectivity index (χ4n) is 1.79. The molecule has 0 radical (unpaired) electrons. The van der Waals surface area contributed by atoms with Crippen molar-refractivity contribution >= 4 is 11.5 Å². The Kier molecular flexibility index (Phi) is 2.81. The van der Waals surface area contributed by atoms with Gasteiger partial charge in [-0.2, -0.15) is 0 Å². The number of aliphatic imine (C=N–C) groups is 2. The minimum absolute atomic E-state index is 0.159. The Hall–Kier alpha value is -1.58. The predicted molar refractivity (Wildman–Crippen MR) is 65.2 cm³/mol. The molecule has 1 aromatic rings. The summed E-state index contributed by atoms with van der Waals surface area (Å²) in [4.78, 5) is 8.13. The lowest BCUT2D eigenvalue weighted by molar-refractivity contribution is 0.0978. The number of aryl methyl sites for hydroxylation is 1. The van der Waals surface area contributed by atoms with Crippen molar-refractivity contribution in [2.75, 3.05) is 0 Å². The third-order valence-electron chi connectivity index (χ3n) is 2.70. The summed E-state index contributed by atoms with van der Waals surface area (Å²) in [6.07, 6.45) is 0. The average Bonchev–Trinajstić information content (AvgIpc) is 2.61. The Morgan fingerprint density at radius 3 is 2.24 bits per heavy atom. The molecule has 2 nitrogen and oxygen atoms in total. The molecule has 0 spiro atoms. The Morgan fingerprint density at radius 1 is 1.18 bits per heavy atom. The Bertz CT molecular complexity index is 481.